The second-order valence-electron chi connectivity index (χ2n) is 0. The van der Waals surface area contributed by atoms with E-state index in [4.69, 9.17) is 0 Å². The maximum absolute atomic E-state index is 0. The van der Waals surface area contributed by atoms with Gasteiger partial charge in [-0.25, -0.2) is 0 Å². The van der Waals surface area contributed by atoms with Crippen LogP contribution in [0.2, 0.25) is 0 Å². The van der Waals surface area contributed by atoms with Gasteiger partial charge in [0.15, 0.2) is 0 Å². The van der Waals surface area contributed by atoms with E-state index in [1.165, 1.54) is 0 Å². The van der Waals surface area contributed by atoms with E-state index in [0.29, 0.717) is 0 Å². The summed E-state index contributed by atoms with van der Waals surface area (Å²) in [6.07, 6.45) is 0. The molecule has 0 aromatic carbocycles. The second-order valence-corrected chi connectivity index (χ2v) is 0. The van der Waals surface area contributed by atoms with Gasteiger partial charge in [0.1, 0.15) is 0 Å². The average molecular weight is 139 g/mol. The van der Waals surface area contributed by atoms with Gasteiger partial charge in [0.2, 0.25) is 0 Å². The predicted molar refractivity (Wildman–Crippen MR) is 1.37 cm³/mol. The van der Waals surface area contributed by atoms with Crippen molar-refractivity contribution in [2.24, 2.45) is 0 Å². The molecule has 0 aliphatic heterocycles. The van der Waals surface area contributed by atoms with E-state index in [2.05, 4.69) is 0 Å². The van der Waals surface area contributed by atoms with Gasteiger partial charge in [-0.05, 0) is 0 Å². The molecule has 0 aromatic heterocycles. The number of hydrogen-bond acceptors (Lipinski definition) is 0. The first kappa shape index (κ1) is 83.0. The van der Waals surface area contributed by atoms with Crippen LogP contribution in [0, 0.1) is 0 Å². The van der Waals surface area contributed by atoms with Crippen LogP contribution >= 0.6 is 0 Å². The van der Waals surface area contributed by atoms with Crippen molar-refractivity contribution in [2.45, 2.75) is 0 Å². The molecule has 24 valence electrons. The molecular weight excluding hydrogens is 139 g/mol. The Bertz CT molecular complexity index is 6.00. The molecule has 0 spiro atoms. The van der Waals surface area contributed by atoms with Crippen molar-refractivity contribution in [2.75, 3.05) is 0 Å². The zero-order valence-electron chi connectivity index (χ0n) is 1.60. The van der Waals surface area contributed by atoms with Crippen molar-refractivity contribution in [3.63, 3.8) is 0 Å². The maximum atomic E-state index is 0. The fourth-order valence-electron chi connectivity index (χ4n) is 0. The second kappa shape index (κ2) is 37.1. The molecule has 0 bridgehead atoms. The summed E-state index contributed by atoms with van der Waals surface area (Å²) in [6, 6.07) is 0. The zero-order chi connectivity index (χ0) is 0. The first-order valence-electron chi connectivity index (χ1n) is 0. The Morgan fingerprint density at radius 3 is 0.750 bits per heavy atom. The number of rotatable bonds is 0. The molecule has 0 amide bonds. The summed E-state index contributed by atoms with van der Waals surface area (Å²) in [5.74, 6) is 0. The van der Waals surface area contributed by atoms with Crippen LogP contribution in [-0.2, 0) is 45.4 Å². The smallest absolute Gasteiger partial charge is 2.00 e. The van der Waals surface area contributed by atoms with Gasteiger partial charge in [-0.15, -0.1) is 0 Å². The molecule has 0 N–H and O–H groups in total. The van der Waals surface area contributed by atoms with Gasteiger partial charge in [0, 0.05) is 0 Å². The summed E-state index contributed by atoms with van der Waals surface area (Å²) in [4.78, 5) is 0. The molecule has 0 aromatic rings. The molecule has 4 heavy (non-hydrogen) atoms. The minimum absolute atomic E-state index is 0. The van der Waals surface area contributed by atoms with Crippen LogP contribution in [0.15, 0.2) is 0 Å². The largest absolute Gasteiger partial charge is 3.00 e. The van der Waals surface area contributed by atoms with Crippen LogP contribution in [-0.4, -0.2) is 0 Å². The van der Waals surface area contributed by atoms with E-state index in [1.807, 2.05) is 0 Å². The van der Waals surface area contributed by atoms with Crippen molar-refractivity contribution in [3.8, 4) is 0 Å². The van der Waals surface area contributed by atoms with Crippen molar-refractivity contribution in [1.29, 1.82) is 0 Å². The quantitative estimate of drug-likeness (QED) is 0.415. The Labute approximate surface area is 45.8 Å². The standard InChI is InChI=1S/Cr.Mn.2O/q+3;+2;2*-2. The van der Waals surface area contributed by atoms with Crippen LogP contribution in [0.1, 0.15) is 0 Å². The topological polar surface area (TPSA) is 57.0 Å². The summed E-state index contributed by atoms with van der Waals surface area (Å²) in [5, 5.41) is 0. The molecule has 2 nitrogen and oxygen atoms in total. The summed E-state index contributed by atoms with van der Waals surface area (Å²) < 4.78 is 0. The van der Waals surface area contributed by atoms with Gasteiger partial charge in [-0.1, -0.05) is 0 Å². The Hall–Kier alpha value is 0.972. The Morgan fingerprint density at radius 1 is 0.750 bits per heavy atom. The average Bonchev–Trinajstić information content (AvgIpc) is 0. The molecule has 0 saturated carbocycles. The zero-order valence-corrected chi connectivity index (χ0v) is 4.06. The van der Waals surface area contributed by atoms with Gasteiger partial charge in [-0.3, -0.25) is 0 Å². The van der Waals surface area contributed by atoms with E-state index in [0.717, 1.165) is 0 Å². The monoisotopic (exact) mass is 139 g/mol. The van der Waals surface area contributed by atoms with Crippen LogP contribution in [0.5, 0.6) is 0 Å². The molecule has 0 unspecified atom stereocenters. The van der Waals surface area contributed by atoms with Crippen LogP contribution in [0.4, 0.5) is 0 Å². The fourth-order valence-corrected chi connectivity index (χ4v) is 0. The van der Waals surface area contributed by atoms with Gasteiger partial charge < -0.3 is 11.0 Å². The van der Waals surface area contributed by atoms with Gasteiger partial charge in [0.25, 0.3) is 0 Å². The third-order valence-corrected chi connectivity index (χ3v) is 0. The van der Waals surface area contributed by atoms with Crippen molar-refractivity contribution in [1.82, 2.24) is 0 Å². The van der Waals surface area contributed by atoms with Crippen LogP contribution in [0.25, 0.3) is 0 Å². The van der Waals surface area contributed by atoms with Crippen molar-refractivity contribution < 1.29 is 45.4 Å². The Morgan fingerprint density at radius 2 is 0.750 bits per heavy atom. The van der Waals surface area contributed by atoms with Crippen molar-refractivity contribution in [3.05, 3.63) is 0 Å². The van der Waals surface area contributed by atoms with Gasteiger partial charge >= 0.3 is 34.4 Å². The molecule has 0 rings (SSSR count). The third kappa shape index (κ3) is 12.2. The molecule has 0 atom stereocenters. The van der Waals surface area contributed by atoms with Crippen LogP contribution in [0.3, 0.4) is 0 Å². The summed E-state index contributed by atoms with van der Waals surface area (Å²) in [5.41, 5.74) is 0. The molecule has 0 saturated heterocycles. The van der Waals surface area contributed by atoms with Crippen LogP contribution < -0.4 is 0 Å². The first-order chi connectivity index (χ1) is 0. The van der Waals surface area contributed by atoms with Gasteiger partial charge in [0.05, 0.1) is 0 Å². The minimum atomic E-state index is 0. The van der Waals surface area contributed by atoms with E-state index >= 15 is 0 Å². The normalized spacial score (nSPS) is 0. The fraction of sp³-hybridized carbons (Fsp3) is 0. The van der Waals surface area contributed by atoms with Crippen molar-refractivity contribution >= 4 is 0 Å². The molecule has 4 heteroatoms. The third-order valence-electron chi connectivity index (χ3n) is 0. The first-order valence-corrected chi connectivity index (χ1v) is 0. The molecule has 0 fully saturated rings. The number of hydrogen-bond donors (Lipinski definition) is 0. The molecular formula is CrMnO2+. The summed E-state index contributed by atoms with van der Waals surface area (Å²) >= 11 is 0. The Balaban J connectivity index is 0. The molecule has 0 heterocycles. The predicted octanol–water partition coefficient (Wildman–Crippen LogP) is -0.243. The Kier molecular flexibility index (Phi) is 771. The maximum Gasteiger partial charge on any atom is 3.00 e. The van der Waals surface area contributed by atoms with Gasteiger partial charge in [-0.2, -0.15) is 0 Å². The minimum Gasteiger partial charge on any atom is -2.00 e. The molecule has 0 aliphatic rings. The van der Waals surface area contributed by atoms with E-state index in [9.17, 15) is 0 Å². The summed E-state index contributed by atoms with van der Waals surface area (Å²) in [6.45, 7) is 0. The summed E-state index contributed by atoms with van der Waals surface area (Å²) in [7, 11) is 0. The van der Waals surface area contributed by atoms with E-state index < -0.39 is 0 Å². The molecule has 2 radical (unpaired) electrons. The molecule has 0 aliphatic carbocycles. The van der Waals surface area contributed by atoms with E-state index in [1.54, 1.807) is 0 Å². The van der Waals surface area contributed by atoms with E-state index in [-0.39, 0.29) is 45.4 Å². The SMILES string of the molecule is [Cr+3].[Mn+2].[O-2].[O-2].